The Morgan fingerprint density at radius 1 is 1.05 bits per heavy atom. The molecule has 1 saturated heterocycles. The Labute approximate surface area is 235 Å². The standard InChI is InChI=1S/C31H39BFN3O4/c1-27(2)19-38-32(39-20-27)22-4-3-5-23(14-22)36(26(37)30-15-31(33,16-30)17-30)18-28-8-11-29(12-9-28,13-10-28)25-34-24(35-40-25)21-6-7-21/h3-5,14,21H,6-13,15-20H2,1-2H3. The Bertz CT molecular complexity index is 1300. The molecular formula is C31H39BFN3O4. The van der Waals surface area contributed by atoms with E-state index in [1.54, 1.807) is 0 Å². The smallest absolute Gasteiger partial charge is 0.407 e. The maximum absolute atomic E-state index is 14.6. The van der Waals surface area contributed by atoms with Gasteiger partial charge in [0.05, 0.1) is 5.41 Å². The van der Waals surface area contributed by atoms with Gasteiger partial charge in [-0.3, -0.25) is 4.79 Å². The lowest BCUT2D eigenvalue weighted by Crippen LogP contribution is -2.71. The van der Waals surface area contributed by atoms with E-state index >= 15 is 0 Å². The molecule has 0 N–H and O–H groups in total. The van der Waals surface area contributed by atoms with Gasteiger partial charge in [0.2, 0.25) is 11.8 Å². The predicted molar refractivity (Wildman–Crippen MR) is 148 cm³/mol. The summed E-state index contributed by atoms with van der Waals surface area (Å²) < 4.78 is 32.5. The molecule has 40 heavy (non-hydrogen) atoms. The molecule has 0 radical (unpaired) electrons. The number of carbonyl (C=O) groups is 1. The summed E-state index contributed by atoms with van der Waals surface area (Å²) in [5, 5.41) is 4.31. The molecule has 1 amide bonds. The van der Waals surface area contributed by atoms with Crippen LogP contribution in [0.25, 0.3) is 0 Å². The second-order valence-corrected chi connectivity index (χ2v) is 15.1. The third-order valence-corrected chi connectivity index (χ3v) is 11.1. The van der Waals surface area contributed by atoms with Crippen LogP contribution in [-0.4, -0.2) is 48.6 Å². The highest BCUT2D eigenvalue weighted by molar-refractivity contribution is 6.61. The molecule has 7 aliphatic carbocycles. The van der Waals surface area contributed by atoms with Crippen molar-refractivity contribution in [2.75, 3.05) is 24.7 Å². The molecule has 7 nitrogen and oxygen atoms in total. The monoisotopic (exact) mass is 547 g/mol. The van der Waals surface area contributed by atoms with E-state index in [0.717, 1.165) is 61.4 Å². The van der Waals surface area contributed by atoms with E-state index < -0.39 is 18.2 Å². The number of fused-ring (bicyclic) bond motifs is 3. The molecular weight excluding hydrogens is 508 g/mol. The van der Waals surface area contributed by atoms with Gasteiger partial charge in [-0.2, -0.15) is 4.98 Å². The maximum atomic E-state index is 14.6. The first-order chi connectivity index (χ1) is 19.1. The number of benzene rings is 1. The van der Waals surface area contributed by atoms with Crippen molar-refractivity contribution in [3.05, 3.63) is 36.0 Å². The van der Waals surface area contributed by atoms with Gasteiger partial charge >= 0.3 is 7.12 Å². The van der Waals surface area contributed by atoms with Crippen molar-refractivity contribution in [3.63, 3.8) is 0 Å². The highest BCUT2D eigenvalue weighted by Crippen LogP contribution is 2.70. The fraction of sp³-hybridized carbons (Fsp3) is 0.710. The third kappa shape index (κ3) is 4.01. The lowest BCUT2D eigenvalue weighted by atomic mass is 9.41. The van der Waals surface area contributed by atoms with Crippen LogP contribution in [-0.2, 0) is 19.5 Å². The molecule has 0 atom stereocenters. The van der Waals surface area contributed by atoms with Gasteiger partial charge in [-0.15, -0.1) is 0 Å². The lowest BCUT2D eigenvalue weighted by molar-refractivity contribution is -0.211. The number of rotatable bonds is 7. The number of carbonyl (C=O) groups excluding carboxylic acids is 1. The number of halogens is 1. The number of alkyl halides is 1. The average molecular weight is 547 g/mol. The van der Waals surface area contributed by atoms with Crippen LogP contribution < -0.4 is 10.4 Å². The first-order valence-corrected chi connectivity index (χ1v) is 15.3. The number of anilines is 1. The molecule has 7 saturated carbocycles. The molecule has 0 spiro atoms. The number of hydrogen-bond acceptors (Lipinski definition) is 6. The fourth-order valence-electron chi connectivity index (χ4n) is 8.30. The minimum Gasteiger partial charge on any atom is -0.407 e. The molecule has 8 fully saturated rings. The summed E-state index contributed by atoms with van der Waals surface area (Å²) in [4.78, 5) is 21.0. The summed E-state index contributed by atoms with van der Waals surface area (Å²) in [7, 11) is -0.438. The molecule has 1 aromatic carbocycles. The normalized spacial score (nSPS) is 37.5. The zero-order chi connectivity index (χ0) is 27.4. The Morgan fingerprint density at radius 2 is 1.73 bits per heavy atom. The number of amides is 1. The topological polar surface area (TPSA) is 77.7 Å². The Balaban J connectivity index is 1.04. The Hall–Kier alpha value is -2.26. The van der Waals surface area contributed by atoms with Crippen molar-refractivity contribution in [2.45, 2.75) is 101 Å². The first-order valence-electron chi connectivity index (χ1n) is 15.3. The van der Waals surface area contributed by atoms with Crippen LogP contribution in [0.1, 0.15) is 102 Å². The summed E-state index contributed by atoms with van der Waals surface area (Å²) in [6.07, 6.45) is 9.58. The molecule has 8 aliphatic rings. The lowest BCUT2D eigenvalue weighted by Gasteiger charge is -2.65. The molecule has 2 heterocycles. The van der Waals surface area contributed by atoms with Gasteiger partial charge in [0.1, 0.15) is 5.67 Å². The van der Waals surface area contributed by atoms with Crippen molar-refractivity contribution in [3.8, 4) is 0 Å². The highest BCUT2D eigenvalue weighted by atomic mass is 19.1. The quantitative estimate of drug-likeness (QED) is 0.442. The average Bonchev–Trinajstić information content (AvgIpc) is 3.66. The van der Waals surface area contributed by atoms with Gasteiger partial charge in [-0.05, 0) is 93.6 Å². The zero-order valence-electron chi connectivity index (χ0n) is 23.7. The molecule has 1 aliphatic heterocycles. The second-order valence-electron chi connectivity index (χ2n) is 15.1. The molecule has 10 rings (SSSR count). The van der Waals surface area contributed by atoms with Crippen LogP contribution in [0.15, 0.2) is 28.8 Å². The number of nitrogens with zero attached hydrogens (tertiary/aromatic N) is 3. The molecule has 2 aromatic rings. The van der Waals surface area contributed by atoms with E-state index in [2.05, 4.69) is 25.1 Å². The van der Waals surface area contributed by atoms with E-state index in [-0.39, 0.29) is 22.2 Å². The van der Waals surface area contributed by atoms with E-state index in [4.69, 9.17) is 18.8 Å². The van der Waals surface area contributed by atoms with Gasteiger partial charge < -0.3 is 18.7 Å². The number of aromatic nitrogens is 2. The van der Waals surface area contributed by atoms with Gasteiger partial charge in [0.15, 0.2) is 5.82 Å². The Kier molecular flexibility index (Phi) is 5.35. The van der Waals surface area contributed by atoms with Crippen molar-refractivity contribution in [1.29, 1.82) is 0 Å². The van der Waals surface area contributed by atoms with Crippen LogP contribution in [0.2, 0.25) is 0 Å². The van der Waals surface area contributed by atoms with Crippen LogP contribution >= 0.6 is 0 Å². The molecule has 4 bridgehead atoms. The summed E-state index contributed by atoms with van der Waals surface area (Å²) in [6.45, 7) is 6.18. The highest BCUT2D eigenvalue weighted by Gasteiger charge is 2.73. The largest absolute Gasteiger partial charge is 0.493 e. The minimum atomic E-state index is -1.11. The molecule has 0 unspecified atom stereocenters. The summed E-state index contributed by atoms with van der Waals surface area (Å²) in [5.41, 5.74) is 0.174. The third-order valence-electron chi connectivity index (χ3n) is 11.1. The van der Waals surface area contributed by atoms with E-state index in [1.807, 2.05) is 23.1 Å². The van der Waals surface area contributed by atoms with Crippen molar-refractivity contribution in [1.82, 2.24) is 10.1 Å². The Morgan fingerprint density at radius 3 is 2.35 bits per heavy atom. The van der Waals surface area contributed by atoms with E-state index in [9.17, 15) is 9.18 Å². The van der Waals surface area contributed by atoms with Gasteiger partial charge in [0.25, 0.3) is 0 Å². The van der Waals surface area contributed by atoms with E-state index in [1.165, 1.54) is 12.8 Å². The van der Waals surface area contributed by atoms with E-state index in [0.29, 0.717) is 44.9 Å². The SMILES string of the molecule is CC1(C)COB(c2cccc(N(CC34CCC(c5nc(C6CC6)no5)(CC3)CC4)C(=O)C34CC(F)(C3)C4)c2)OC1. The summed E-state index contributed by atoms with van der Waals surface area (Å²) in [5.74, 6) is 2.31. The predicted octanol–water partition coefficient (Wildman–Crippen LogP) is 5.23. The van der Waals surface area contributed by atoms with Crippen LogP contribution in [0, 0.1) is 16.2 Å². The summed E-state index contributed by atoms with van der Waals surface area (Å²) in [6, 6.07) is 8.09. The minimum absolute atomic E-state index is 0.0143. The molecule has 212 valence electrons. The first kappa shape index (κ1) is 25.5. The van der Waals surface area contributed by atoms with Crippen molar-refractivity contribution in [2.24, 2.45) is 16.2 Å². The van der Waals surface area contributed by atoms with Gasteiger partial charge in [0, 0.05) is 42.2 Å². The summed E-state index contributed by atoms with van der Waals surface area (Å²) >= 11 is 0. The molecule has 9 heteroatoms. The fourth-order valence-corrected chi connectivity index (χ4v) is 8.30. The number of hydrogen-bond donors (Lipinski definition) is 0. The maximum Gasteiger partial charge on any atom is 0.493 e. The van der Waals surface area contributed by atoms with Crippen LogP contribution in [0.4, 0.5) is 10.1 Å². The van der Waals surface area contributed by atoms with Crippen molar-refractivity contribution < 1.29 is 23.0 Å². The van der Waals surface area contributed by atoms with Gasteiger partial charge in [-0.25, -0.2) is 4.39 Å². The van der Waals surface area contributed by atoms with Crippen LogP contribution in [0.3, 0.4) is 0 Å². The zero-order valence-corrected chi connectivity index (χ0v) is 23.7. The van der Waals surface area contributed by atoms with Crippen LogP contribution in [0.5, 0.6) is 0 Å². The second kappa shape index (κ2) is 8.40. The van der Waals surface area contributed by atoms with Crippen molar-refractivity contribution >= 4 is 24.2 Å². The molecule has 1 aromatic heterocycles. The van der Waals surface area contributed by atoms with Gasteiger partial charge in [-0.1, -0.05) is 31.1 Å².